The van der Waals surface area contributed by atoms with Gasteiger partial charge in [0.15, 0.2) is 5.79 Å². The van der Waals surface area contributed by atoms with Crippen molar-refractivity contribution >= 4 is 0 Å². The van der Waals surface area contributed by atoms with Gasteiger partial charge in [-0.15, -0.1) is 0 Å². The lowest BCUT2D eigenvalue weighted by molar-refractivity contribution is -0.168. The van der Waals surface area contributed by atoms with Gasteiger partial charge in [-0.2, -0.15) is 0 Å². The van der Waals surface area contributed by atoms with E-state index in [0.29, 0.717) is 0 Å². The molecular formula is C18H36N2O2. The fraction of sp³-hybridized carbons (Fsp3) is 1.00. The molecule has 0 atom stereocenters. The van der Waals surface area contributed by atoms with Gasteiger partial charge in [-0.25, -0.2) is 5.01 Å². The predicted molar refractivity (Wildman–Crippen MR) is 90.7 cm³/mol. The first kappa shape index (κ1) is 18.2. The summed E-state index contributed by atoms with van der Waals surface area (Å²) in [7, 11) is 0. The number of rotatable bonds is 12. The van der Waals surface area contributed by atoms with E-state index in [0.717, 1.165) is 32.6 Å². The van der Waals surface area contributed by atoms with Crippen molar-refractivity contribution in [1.82, 2.24) is 10.4 Å². The van der Waals surface area contributed by atoms with Crippen molar-refractivity contribution in [3.05, 3.63) is 0 Å². The Hall–Kier alpha value is -0.160. The summed E-state index contributed by atoms with van der Waals surface area (Å²) in [4.78, 5) is 0. The first-order chi connectivity index (χ1) is 10.8. The summed E-state index contributed by atoms with van der Waals surface area (Å²) in [5.74, 6) is -0.295. The van der Waals surface area contributed by atoms with Gasteiger partial charge in [0.1, 0.15) is 0 Å². The Labute approximate surface area is 136 Å². The van der Waals surface area contributed by atoms with Crippen LogP contribution < -0.4 is 5.43 Å². The largest absolute Gasteiger partial charge is 0.347 e. The minimum Gasteiger partial charge on any atom is -0.347 e. The van der Waals surface area contributed by atoms with E-state index in [-0.39, 0.29) is 5.79 Å². The van der Waals surface area contributed by atoms with Crippen LogP contribution in [0.5, 0.6) is 0 Å². The maximum atomic E-state index is 5.97. The zero-order valence-electron chi connectivity index (χ0n) is 14.6. The minimum absolute atomic E-state index is 0.295. The van der Waals surface area contributed by atoms with Gasteiger partial charge in [0.25, 0.3) is 0 Å². The number of hydrogen-bond acceptors (Lipinski definition) is 4. The van der Waals surface area contributed by atoms with Crippen molar-refractivity contribution in [3.8, 4) is 0 Å². The SMILES string of the molecule is CCCCCCCCCC1(CCNN2CCCC2)OCCO1. The summed E-state index contributed by atoms with van der Waals surface area (Å²) in [5, 5.41) is 2.34. The fourth-order valence-corrected chi connectivity index (χ4v) is 3.54. The van der Waals surface area contributed by atoms with Gasteiger partial charge in [-0.05, 0) is 19.3 Å². The smallest absolute Gasteiger partial charge is 0.169 e. The molecule has 0 amide bonds. The van der Waals surface area contributed by atoms with Gasteiger partial charge in [0.05, 0.1) is 13.2 Å². The number of nitrogens with one attached hydrogen (secondary N) is 1. The molecule has 0 aromatic rings. The molecule has 0 saturated carbocycles. The van der Waals surface area contributed by atoms with Crippen LogP contribution in [0.4, 0.5) is 0 Å². The van der Waals surface area contributed by atoms with Crippen molar-refractivity contribution < 1.29 is 9.47 Å². The summed E-state index contributed by atoms with van der Waals surface area (Å²) in [6.45, 7) is 7.14. The first-order valence-electron chi connectivity index (χ1n) is 9.61. The number of ether oxygens (including phenoxy) is 2. The van der Waals surface area contributed by atoms with Gasteiger partial charge < -0.3 is 9.47 Å². The molecule has 4 heteroatoms. The van der Waals surface area contributed by atoms with E-state index in [1.807, 2.05) is 0 Å². The maximum Gasteiger partial charge on any atom is 0.169 e. The minimum atomic E-state index is -0.295. The average Bonchev–Trinajstić information content (AvgIpc) is 3.19. The summed E-state index contributed by atoms with van der Waals surface area (Å²) >= 11 is 0. The fourth-order valence-electron chi connectivity index (χ4n) is 3.54. The van der Waals surface area contributed by atoms with E-state index < -0.39 is 0 Å². The third-order valence-electron chi connectivity index (χ3n) is 4.92. The van der Waals surface area contributed by atoms with E-state index in [4.69, 9.17) is 9.47 Å². The second-order valence-corrected chi connectivity index (χ2v) is 6.83. The lowest BCUT2D eigenvalue weighted by atomic mass is 10.0. The van der Waals surface area contributed by atoms with Crippen LogP contribution in [0.25, 0.3) is 0 Å². The normalized spacial score (nSPS) is 21.7. The summed E-state index contributed by atoms with van der Waals surface area (Å²) in [6, 6.07) is 0. The highest BCUT2D eigenvalue weighted by atomic mass is 16.7. The summed E-state index contributed by atoms with van der Waals surface area (Å²) in [6.07, 6.45) is 14.1. The molecule has 2 saturated heterocycles. The van der Waals surface area contributed by atoms with Gasteiger partial charge in [0.2, 0.25) is 0 Å². The van der Waals surface area contributed by atoms with Crippen LogP contribution in [0, 0.1) is 0 Å². The van der Waals surface area contributed by atoms with Crippen molar-refractivity contribution in [3.63, 3.8) is 0 Å². The first-order valence-corrected chi connectivity index (χ1v) is 9.61. The van der Waals surface area contributed by atoms with E-state index in [2.05, 4.69) is 17.4 Å². The van der Waals surface area contributed by atoms with Crippen LogP contribution >= 0.6 is 0 Å². The van der Waals surface area contributed by atoms with Crippen LogP contribution in [0.3, 0.4) is 0 Å². The van der Waals surface area contributed by atoms with Crippen LogP contribution in [0.1, 0.15) is 77.6 Å². The van der Waals surface area contributed by atoms with E-state index in [9.17, 15) is 0 Å². The number of hydrazine groups is 1. The quantitative estimate of drug-likeness (QED) is 0.555. The molecule has 130 valence electrons. The predicted octanol–water partition coefficient (Wildman–Crippen LogP) is 3.86. The van der Waals surface area contributed by atoms with Gasteiger partial charge >= 0.3 is 0 Å². The number of nitrogens with zero attached hydrogens (tertiary/aromatic N) is 1. The Morgan fingerprint density at radius 1 is 0.864 bits per heavy atom. The second-order valence-electron chi connectivity index (χ2n) is 6.83. The van der Waals surface area contributed by atoms with Crippen molar-refractivity contribution in [2.75, 3.05) is 32.8 Å². The standard InChI is InChI=1S/C18H36N2O2/c1-2-3-4-5-6-7-8-11-18(21-16-17-22-18)12-13-19-20-14-9-10-15-20/h19H,2-17H2,1H3. The molecule has 2 heterocycles. The molecule has 2 fully saturated rings. The van der Waals surface area contributed by atoms with Crippen LogP contribution in [0.2, 0.25) is 0 Å². The Kier molecular flexibility index (Phi) is 8.75. The Morgan fingerprint density at radius 2 is 1.50 bits per heavy atom. The van der Waals surface area contributed by atoms with Crippen LogP contribution in [0.15, 0.2) is 0 Å². The molecule has 4 nitrogen and oxygen atoms in total. The van der Waals surface area contributed by atoms with Crippen molar-refractivity contribution in [1.29, 1.82) is 0 Å². The molecule has 0 aromatic carbocycles. The van der Waals surface area contributed by atoms with Gasteiger partial charge in [0, 0.05) is 32.5 Å². The highest BCUT2D eigenvalue weighted by molar-refractivity contribution is 4.76. The highest BCUT2D eigenvalue weighted by Gasteiger charge is 2.35. The lowest BCUT2D eigenvalue weighted by Crippen LogP contribution is -2.40. The third-order valence-corrected chi connectivity index (χ3v) is 4.92. The zero-order valence-corrected chi connectivity index (χ0v) is 14.6. The molecule has 0 unspecified atom stereocenters. The van der Waals surface area contributed by atoms with E-state index in [1.54, 1.807) is 0 Å². The number of unbranched alkanes of at least 4 members (excludes halogenated alkanes) is 6. The van der Waals surface area contributed by atoms with Crippen molar-refractivity contribution in [2.45, 2.75) is 83.3 Å². The molecule has 2 aliphatic rings. The average molecular weight is 312 g/mol. The molecule has 22 heavy (non-hydrogen) atoms. The summed E-state index contributed by atoms with van der Waals surface area (Å²) in [5.41, 5.74) is 3.53. The Morgan fingerprint density at radius 3 is 2.18 bits per heavy atom. The Balaban J connectivity index is 1.56. The molecule has 0 radical (unpaired) electrons. The van der Waals surface area contributed by atoms with E-state index in [1.165, 1.54) is 70.9 Å². The van der Waals surface area contributed by atoms with Crippen LogP contribution in [-0.2, 0) is 9.47 Å². The molecule has 0 aliphatic carbocycles. The van der Waals surface area contributed by atoms with Crippen molar-refractivity contribution in [2.24, 2.45) is 0 Å². The van der Waals surface area contributed by atoms with Gasteiger partial charge in [-0.1, -0.05) is 45.4 Å². The number of hydrogen-bond donors (Lipinski definition) is 1. The summed E-state index contributed by atoms with van der Waals surface area (Å²) < 4.78 is 11.9. The molecule has 0 spiro atoms. The Bertz CT molecular complexity index is 274. The third kappa shape index (κ3) is 6.53. The molecule has 0 aromatic heterocycles. The van der Waals surface area contributed by atoms with Crippen LogP contribution in [-0.4, -0.2) is 43.6 Å². The highest BCUT2D eigenvalue weighted by Crippen LogP contribution is 2.29. The topological polar surface area (TPSA) is 33.7 Å². The molecule has 2 aliphatic heterocycles. The monoisotopic (exact) mass is 312 g/mol. The molecule has 0 bridgehead atoms. The zero-order chi connectivity index (χ0) is 15.5. The molecular weight excluding hydrogens is 276 g/mol. The lowest BCUT2D eigenvalue weighted by Gasteiger charge is -2.28. The molecule has 1 N–H and O–H groups in total. The second kappa shape index (κ2) is 10.6. The van der Waals surface area contributed by atoms with E-state index >= 15 is 0 Å². The maximum absolute atomic E-state index is 5.97. The molecule has 2 rings (SSSR count). The van der Waals surface area contributed by atoms with Gasteiger partial charge in [-0.3, -0.25) is 5.43 Å².